The molecule has 0 radical (unpaired) electrons. The first kappa shape index (κ1) is 8.37. The minimum Gasteiger partial charge on any atom is -0.330 e. The van der Waals surface area contributed by atoms with Crippen LogP contribution >= 0.6 is 11.8 Å². The number of rotatable bonds is 3. The molecule has 1 aliphatic rings. The molecule has 1 fully saturated rings. The van der Waals surface area contributed by atoms with Crippen LogP contribution in [0.15, 0.2) is 0 Å². The molecule has 60 valence electrons. The van der Waals surface area contributed by atoms with Crippen LogP contribution in [-0.4, -0.2) is 42.6 Å². The molecule has 10 heavy (non-hydrogen) atoms. The number of hydrogen-bond acceptors (Lipinski definition) is 3. The SMILES string of the molecule is NCCCN1CCSCC1. The van der Waals surface area contributed by atoms with Crippen molar-refractivity contribution >= 4 is 11.8 Å². The molecule has 2 N–H and O–H groups in total. The van der Waals surface area contributed by atoms with Crippen molar-refractivity contribution in [3.05, 3.63) is 0 Å². The van der Waals surface area contributed by atoms with E-state index in [1.807, 2.05) is 0 Å². The topological polar surface area (TPSA) is 29.3 Å². The summed E-state index contributed by atoms with van der Waals surface area (Å²) in [6.45, 7) is 4.58. The summed E-state index contributed by atoms with van der Waals surface area (Å²) in [5.74, 6) is 2.62. The van der Waals surface area contributed by atoms with Gasteiger partial charge in [0.15, 0.2) is 0 Å². The van der Waals surface area contributed by atoms with Gasteiger partial charge in [-0.1, -0.05) is 0 Å². The fourth-order valence-electron chi connectivity index (χ4n) is 1.14. The van der Waals surface area contributed by atoms with E-state index in [0.29, 0.717) is 0 Å². The van der Waals surface area contributed by atoms with Crippen LogP contribution in [0.2, 0.25) is 0 Å². The monoisotopic (exact) mass is 160 g/mol. The molecule has 0 aromatic carbocycles. The van der Waals surface area contributed by atoms with E-state index in [0.717, 1.165) is 13.0 Å². The third kappa shape index (κ3) is 2.90. The van der Waals surface area contributed by atoms with Crippen molar-refractivity contribution < 1.29 is 0 Å². The summed E-state index contributed by atoms with van der Waals surface area (Å²) in [6, 6.07) is 0. The van der Waals surface area contributed by atoms with Gasteiger partial charge in [0, 0.05) is 24.6 Å². The maximum Gasteiger partial charge on any atom is 0.00727 e. The Hall–Kier alpha value is 0.270. The molecular weight excluding hydrogens is 144 g/mol. The Morgan fingerprint density at radius 2 is 2.00 bits per heavy atom. The quantitative estimate of drug-likeness (QED) is 0.647. The molecule has 2 nitrogen and oxygen atoms in total. The highest BCUT2D eigenvalue weighted by molar-refractivity contribution is 7.99. The zero-order chi connectivity index (χ0) is 7.23. The van der Waals surface area contributed by atoms with Gasteiger partial charge in [0.25, 0.3) is 0 Å². The normalized spacial score (nSPS) is 21.3. The van der Waals surface area contributed by atoms with Gasteiger partial charge in [0.05, 0.1) is 0 Å². The van der Waals surface area contributed by atoms with Gasteiger partial charge in [-0.25, -0.2) is 0 Å². The van der Waals surface area contributed by atoms with Crippen molar-refractivity contribution in [1.29, 1.82) is 0 Å². The van der Waals surface area contributed by atoms with Crippen LogP contribution in [0.4, 0.5) is 0 Å². The van der Waals surface area contributed by atoms with Gasteiger partial charge < -0.3 is 10.6 Å². The second kappa shape index (κ2) is 4.99. The molecule has 0 aromatic heterocycles. The van der Waals surface area contributed by atoms with Crippen LogP contribution in [-0.2, 0) is 0 Å². The van der Waals surface area contributed by atoms with Crippen molar-refractivity contribution in [3.8, 4) is 0 Å². The fraction of sp³-hybridized carbons (Fsp3) is 1.00. The van der Waals surface area contributed by atoms with Gasteiger partial charge in [-0.15, -0.1) is 0 Å². The van der Waals surface area contributed by atoms with Gasteiger partial charge in [0.2, 0.25) is 0 Å². The molecule has 0 atom stereocenters. The second-order valence-electron chi connectivity index (χ2n) is 2.60. The predicted molar refractivity (Wildman–Crippen MR) is 47.4 cm³/mol. The van der Waals surface area contributed by atoms with E-state index >= 15 is 0 Å². The highest BCUT2D eigenvalue weighted by Crippen LogP contribution is 2.08. The van der Waals surface area contributed by atoms with Gasteiger partial charge in [-0.3, -0.25) is 0 Å². The Balaban J connectivity index is 2.02. The first-order valence-corrected chi connectivity index (χ1v) is 5.09. The van der Waals surface area contributed by atoms with Crippen molar-refractivity contribution in [2.24, 2.45) is 5.73 Å². The van der Waals surface area contributed by atoms with Gasteiger partial charge in [-0.2, -0.15) is 11.8 Å². The van der Waals surface area contributed by atoms with Crippen molar-refractivity contribution in [1.82, 2.24) is 4.90 Å². The number of hydrogen-bond donors (Lipinski definition) is 1. The van der Waals surface area contributed by atoms with Crippen LogP contribution < -0.4 is 5.73 Å². The fourth-order valence-corrected chi connectivity index (χ4v) is 2.12. The maximum absolute atomic E-state index is 5.41. The first-order chi connectivity index (χ1) is 4.93. The molecule has 1 heterocycles. The molecule has 0 spiro atoms. The molecule has 0 aromatic rings. The van der Waals surface area contributed by atoms with Gasteiger partial charge in [-0.05, 0) is 19.5 Å². The third-order valence-corrected chi connectivity index (χ3v) is 2.72. The summed E-state index contributed by atoms with van der Waals surface area (Å²) in [4.78, 5) is 2.50. The number of nitrogens with zero attached hydrogens (tertiary/aromatic N) is 1. The minimum atomic E-state index is 0.837. The number of nitrogens with two attached hydrogens (primary N) is 1. The molecule has 0 unspecified atom stereocenters. The lowest BCUT2D eigenvalue weighted by atomic mass is 10.4. The van der Waals surface area contributed by atoms with E-state index < -0.39 is 0 Å². The standard InChI is InChI=1S/C7H16N2S/c8-2-1-3-9-4-6-10-7-5-9/h1-8H2. The summed E-state index contributed by atoms with van der Waals surface area (Å²) in [6.07, 6.45) is 1.16. The number of thioether (sulfide) groups is 1. The predicted octanol–water partition coefficient (Wildman–Crippen LogP) is 0.384. The summed E-state index contributed by atoms with van der Waals surface area (Å²) in [5, 5.41) is 0. The van der Waals surface area contributed by atoms with Crippen LogP contribution in [0.3, 0.4) is 0 Å². The Morgan fingerprint density at radius 3 is 2.60 bits per heavy atom. The first-order valence-electron chi connectivity index (χ1n) is 3.93. The zero-order valence-electron chi connectivity index (χ0n) is 6.38. The lowest BCUT2D eigenvalue weighted by Gasteiger charge is -2.25. The van der Waals surface area contributed by atoms with Gasteiger partial charge in [0.1, 0.15) is 0 Å². The van der Waals surface area contributed by atoms with Crippen molar-refractivity contribution in [3.63, 3.8) is 0 Å². The van der Waals surface area contributed by atoms with E-state index in [1.54, 1.807) is 0 Å². The van der Waals surface area contributed by atoms with Crippen LogP contribution in [0.5, 0.6) is 0 Å². The Labute approximate surface area is 67.1 Å². The highest BCUT2D eigenvalue weighted by Gasteiger charge is 2.08. The maximum atomic E-state index is 5.41. The Kier molecular flexibility index (Phi) is 4.18. The Bertz CT molecular complexity index is 81.7. The largest absolute Gasteiger partial charge is 0.330 e. The smallest absolute Gasteiger partial charge is 0.00727 e. The lowest BCUT2D eigenvalue weighted by Crippen LogP contribution is -2.34. The lowest BCUT2D eigenvalue weighted by molar-refractivity contribution is 0.300. The molecule has 0 saturated carbocycles. The summed E-state index contributed by atoms with van der Waals surface area (Å²) in [5.41, 5.74) is 5.41. The summed E-state index contributed by atoms with van der Waals surface area (Å²) >= 11 is 2.06. The van der Waals surface area contributed by atoms with E-state index in [-0.39, 0.29) is 0 Å². The van der Waals surface area contributed by atoms with Crippen LogP contribution in [0, 0.1) is 0 Å². The van der Waals surface area contributed by atoms with Crippen molar-refractivity contribution in [2.45, 2.75) is 6.42 Å². The van der Waals surface area contributed by atoms with Gasteiger partial charge >= 0.3 is 0 Å². The van der Waals surface area contributed by atoms with Crippen LogP contribution in [0.1, 0.15) is 6.42 Å². The van der Waals surface area contributed by atoms with E-state index in [9.17, 15) is 0 Å². The molecule has 1 rings (SSSR count). The molecular formula is C7H16N2S. The van der Waals surface area contributed by atoms with Crippen LogP contribution in [0.25, 0.3) is 0 Å². The van der Waals surface area contributed by atoms with E-state index in [1.165, 1.54) is 31.1 Å². The molecule has 0 amide bonds. The van der Waals surface area contributed by atoms with E-state index in [4.69, 9.17) is 5.73 Å². The molecule has 0 bridgehead atoms. The second-order valence-corrected chi connectivity index (χ2v) is 3.82. The summed E-state index contributed by atoms with van der Waals surface area (Å²) in [7, 11) is 0. The summed E-state index contributed by atoms with van der Waals surface area (Å²) < 4.78 is 0. The highest BCUT2D eigenvalue weighted by atomic mass is 32.2. The molecule has 3 heteroatoms. The molecule has 1 aliphatic heterocycles. The molecule has 1 saturated heterocycles. The average Bonchev–Trinajstić information content (AvgIpc) is 2.03. The molecule has 0 aliphatic carbocycles. The Morgan fingerprint density at radius 1 is 1.30 bits per heavy atom. The average molecular weight is 160 g/mol. The zero-order valence-corrected chi connectivity index (χ0v) is 7.20. The third-order valence-electron chi connectivity index (χ3n) is 1.78. The minimum absolute atomic E-state index is 0.837. The van der Waals surface area contributed by atoms with Crippen molar-refractivity contribution in [2.75, 3.05) is 37.7 Å². The van der Waals surface area contributed by atoms with E-state index in [2.05, 4.69) is 16.7 Å².